The zero-order valence-electron chi connectivity index (χ0n) is 11.9. The van der Waals surface area contributed by atoms with Gasteiger partial charge in [-0.05, 0) is 38.4 Å². The normalized spacial score (nSPS) is 46.5. The molecule has 3 heteroatoms. The summed E-state index contributed by atoms with van der Waals surface area (Å²) in [6.07, 6.45) is 9.53. The highest BCUT2D eigenvalue weighted by molar-refractivity contribution is 7.99. The van der Waals surface area contributed by atoms with Crippen molar-refractivity contribution in [2.75, 3.05) is 12.9 Å². The van der Waals surface area contributed by atoms with Gasteiger partial charge in [0.1, 0.15) is 0 Å². The zero-order chi connectivity index (χ0) is 12.8. The maximum atomic E-state index is 5.99. The third kappa shape index (κ3) is 2.12. The first-order valence-corrected chi connectivity index (χ1v) is 8.82. The molecule has 0 radical (unpaired) electrons. The number of hydrogen-bond acceptors (Lipinski definition) is 3. The Kier molecular flexibility index (Phi) is 3.68. The van der Waals surface area contributed by atoms with Crippen molar-refractivity contribution in [2.24, 2.45) is 11.3 Å². The molecule has 2 nitrogen and oxygen atoms in total. The van der Waals surface area contributed by atoms with Gasteiger partial charge in [0, 0.05) is 35.3 Å². The van der Waals surface area contributed by atoms with Gasteiger partial charge in [0.15, 0.2) is 0 Å². The van der Waals surface area contributed by atoms with E-state index in [1.165, 1.54) is 32.1 Å². The molecule has 2 saturated carbocycles. The largest absolute Gasteiger partial charge is 0.377 e. The molecule has 3 fully saturated rings. The van der Waals surface area contributed by atoms with Crippen LogP contribution in [0.1, 0.15) is 46.0 Å². The van der Waals surface area contributed by atoms with Crippen LogP contribution in [0, 0.1) is 11.3 Å². The fourth-order valence-corrected chi connectivity index (χ4v) is 5.22. The molecule has 1 aliphatic heterocycles. The van der Waals surface area contributed by atoms with Crippen molar-refractivity contribution < 1.29 is 4.74 Å². The van der Waals surface area contributed by atoms with Gasteiger partial charge in [0.25, 0.3) is 0 Å². The summed E-state index contributed by atoms with van der Waals surface area (Å²) in [6.45, 7) is 5.76. The Morgan fingerprint density at radius 3 is 2.78 bits per heavy atom. The second-order valence-corrected chi connectivity index (χ2v) is 8.07. The van der Waals surface area contributed by atoms with Crippen LogP contribution in [0.15, 0.2) is 0 Å². The second-order valence-electron chi connectivity index (χ2n) is 6.93. The van der Waals surface area contributed by atoms with E-state index in [0.717, 1.165) is 23.8 Å². The average molecular weight is 269 g/mol. The van der Waals surface area contributed by atoms with E-state index in [2.05, 4.69) is 25.4 Å². The summed E-state index contributed by atoms with van der Waals surface area (Å²) in [5.41, 5.74) is 0.336. The molecule has 3 aliphatic rings. The molecule has 0 aromatic carbocycles. The molecule has 0 bridgehead atoms. The highest BCUT2D eigenvalue weighted by Crippen LogP contribution is 2.51. The molecule has 5 atom stereocenters. The van der Waals surface area contributed by atoms with Gasteiger partial charge in [-0.3, -0.25) is 0 Å². The average Bonchev–Trinajstić information content (AvgIpc) is 2.84. The van der Waals surface area contributed by atoms with Crippen LogP contribution in [0.25, 0.3) is 0 Å². The van der Waals surface area contributed by atoms with E-state index in [9.17, 15) is 0 Å². The van der Waals surface area contributed by atoms with Crippen molar-refractivity contribution in [3.8, 4) is 0 Å². The molecule has 104 valence electrons. The molecule has 1 saturated heterocycles. The Bertz CT molecular complexity index is 307. The smallest absolute Gasteiger partial charge is 0.0684 e. The maximum absolute atomic E-state index is 5.99. The van der Waals surface area contributed by atoms with Gasteiger partial charge in [0.05, 0.1) is 6.10 Å². The molecule has 1 heterocycles. The number of ether oxygens (including phenoxy) is 1. The van der Waals surface area contributed by atoms with Crippen LogP contribution in [0.4, 0.5) is 0 Å². The van der Waals surface area contributed by atoms with E-state index in [1.54, 1.807) is 0 Å². The van der Waals surface area contributed by atoms with Gasteiger partial charge in [-0.15, -0.1) is 0 Å². The minimum Gasteiger partial charge on any atom is -0.377 e. The fourth-order valence-electron chi connectivity index (χ4n) is 4.42. The van der Waals surface area contributed by atoms with Gasteiger partial charge in [-0.2, -0.15) is 11.8 Å². The topological polar surface area (TPSA) is 21.3 Å². The Balaban J connectivity index is 1.59. The second kappa shape index (κ2) is 4.99. The van der Waals surface area contributed by atoms with E-state index in [0.29, 0.717) is 17.6 Å². The van der Waals surface area contributed by atoms with Crippen LogP contribution in [0.2, 0.25) is 0 Å². The lowest BCUT2D eigenvalue weighted by atomic mass is 9.55. The maximum Gasteiger partial charge on any atom is 0.0684 e. The van der Waals surface area contributed by atoms with Gasteiger partial charge >= 0.3 is 0 Å². The number of fused-ring (bicyclic) bond motifs is 1. The molecule has 3 rings (SSSR count). The predicted molar refractivity (Wildman–Crippen MR) is 78.1 cm³/mol. The lowest BCUT2D eigenvalue weighted by Gasteiger charge is -2.60. The SMILES string of the molecule is CSC1CCC(NC2C3CCCOC3C2(C)C)C1. The summed E-state index contributed by atoms with van der Waals surface area (Å²) >= 11 is 2.05. The lowest BCUT2D eigenvalue weighted by Crippen LogP contribution is -2.70. The minimum absolute atomic E-state index is 0.336. The first-order valence-electron chi connectivity index (χ1n) is 7.53. The van der Waals surface area contributed by atoms with Crippen LogP contribution in [-0.2, 0) is 4.74 Å². The number of thioether (sulfide) groups is 1. The third-order valence-electron chi connectivity index (χ3n) is 5.46. The van der Waals surface area contributed by atoms with Crippen LogP contribution < -0.4 is 5.32 Å². The third-order valence-corrected chi connectivity index (χ3v) is 6.56. The van der Waals surface area contributed by atoms with Crippen molar-refractivity contribution in [3.63, 3.8) is 0 Å². The Labute approximate surface area is 116 Å². The molecular formula is C15H27NOS. The molecule has 0 amide bonds. The van der Waals surface area contributed by atoms with E-state index >= 15 is 0 Å². The minimum atomic E-state index is 0.336. The summed E-state index contributed by atoms with van der Waals surface area (Å²) in [5, 5.41) is 4.87. The quantitative estimate of drug-likeness (QED) is 0.851. The Hall–Kier alpha value is 0.270. The highest BCUT2D eigenvalue weighted by Gasteiger charge is 2.58. The van der Waals surface area contributed by atoms with E-state index < -0.39 is 0 Å². The molecule has 0 aromatic heterocycles. The summed E-state index contributed by atoms with van der Waals surface area (Å²) in [6, 6.07) is 1.45. The molecule has 1 N–H and O–H groups in total. The van der Waals surface area contributed by atoms with Crippen LogP contribution in [-0.4, -0.2) is 36.3 Å². The monoisotopic (exact) mass is 269 g/mol. The highest BCUT2D eigenvalue weighted by atomic mass is 32.2. The van der Waals surface area contributed by atoms with Crippen LogP contribution >= 0.6 is 11.8 Å². The molecule has 0 spiro atoms. The van der Waals surface area contributed by atoms with E-state index in [1.807, 2.05) is 11.8 Å². The van der Waals surface area contributed by atoms with Gasteiger partial charge in [-0.1, -0.05) is 13.8 Å². The van der Waals surface area contributed by atoms with Gasteiger partial charge < -0.3 is 10.1 Å². The van der Waals surface area contributed by atoms with Gasteiger partial charge in [-0.25, -0.2) is 0 Å². The summed E-state index contributed by atoms with van der Waals surface area (Å²) in [5.74, 6) is 0.780. The lowest BCUT2D eigenvalue weighted by molar-refractivity contribution is -0.194. The van der Waals surface area contributed by atoms with Gasteiger partial charge in [0.2, 0.25) is 0 Å². The van der Waals surface area contributed by atoms with E-state index in [4.69, 9.17) is 4.74 Å². The van der Waals surface area contributed by atoms with Crippen molar-refractivity contribution in [1.29, 1.82) is 0 Å². The van der Waals surface area contributed by atoms with Crippen molar-refractivity contribution in [1.82, 2.24) is 5.32 Å². The predicted octanol–water partition coefficient (Wildman–Crippen LogP) is 3.06. The molecule has 0 aromatic rings. The van der Waals surface area contributed by atoms with Crippen molar-refractivity contribution in [2.45, 2.75) is 69.4 Å². The first kappa shape index (κ1) is 13.3. The van der Waals surface area contributed by atoms with Crippen LogP contribution in [0.3, 0.4) is 0 Å². The Morgan fingerprint density at radius 1 is 1.22 bits per heavy atom. The standard InChI is InChI=1S/C15H27NOS/c1-15(2)13(12-5-4-8-17-14(12)15)16-10-6-7-11(9-10)18-3/h10-14,16H,4-9H2,1-3H3. The van der Waals surface area contributed by atoms with Crippen molar-refractivity contribution in [3.05, 3.63) is 0 Å². The summed E-state index contributed by atoms with van der Waals surface area (Å²) < 4.78 is 5.99. The molecular weight excluding hydrogens is 242 g/mol. The fraction of sp³-hybridized carbons (Fsp3) is 1.00. The zero-order valence-corrected chi connectivity index (χ0v) is 12.8. The van der Waals surface area contributed by atoms with Crippen molar-refractivity contribution >= 4 is 11.8 Å². The summed E-state index contributed by atoms with van der Waals surface area (Å²) in [7, 11) is 0. The number of rotatable bonds is 3. The van der Waals surface area contributed by atoms with E-state index in [-0.39, 0.29) is 0 Å². The molecule has 2 aliphatic carbocycles. The number of nitrogens with one attached hydrogen (secondary N) is 1. The van der Waals surface area contributed by atoms with Crippen LogP contribution in [0.5, 0.6) is 0 Å². The first-order chi connectivity index (χ1) is 8.63. The summed E-state index contributed by atoms with van der Waals surface area (Å²) in [4.78, 5) is 0. The Morgan fingerprint density at radius 2 is 2.06 bits per heavy atom. The molecule has 5 unspecified atom stereocenters. The number of hydrogen-bond donors (Lipinski definition) is 1. The molecule has 18 heavy (non-hydrogen) atoms.